The van der Waals surface area contributed by atoms with Gasteiger partial charge >= 0.3 is 0 Å². The summed E-state index contributed by atoms with van der Waals surface area (Å²) in [6, 6.07) is 11.5. The molecule has 3 amide bonds. The second-order valence-electron chi connectivity index (χ2n) is 9.59. The average Bonchev–Trinajstić information content (AvgIpc) is 3.28. The maximum Gasteiger partial charge on any atom is 0.274 e. The smallest absolute Gasteiger partial charge is 0.274 e. The molecular weight excluding hydrogens is 468 g/mol. The van der Waals surface area contributed by atoms with Crippen LogP contribution < -0.4 is 5.32 Å². The number of amides is 3. The number of rotatable bonds is 13. The number of benzene rings is 1. The van der Waals surface area contributed by atoms with Crippen molar-refractivity contribution in [3.05, 3.63) is 53.3 Å². The summed E-state index contributed by atoms with van der Waals surface area (Å²) in [6.45, 7) is 13.5. The van der Waals surface area contributed by atoms with Gasteiger partial charge in [-0.2, -0.15) is 5.10 Å². The zero-order valence-corrected chi connectivity index (χ0v) is 22.8. The molecule has 0 fully saturated rings. The van der Waals surface area contributed by atoms with E-state index in [-0.39, 0.29) is 35.9 Å². The van der Waals surface area contributed by atoms with Crippen LogP contribution in [0.5, 0.6) is 0 Å². The second-order valence-corrected chi connectivity index (χ2v) is 9.59. The van der Waals surface area contributed by atoms with Gasteiger partial charge in [-0.05, 0) is 38.4 Å². The van der Waals surface area contributed by atoms with E-state index in [0.29, 0.717) is 38.4 Å². The Morgan fingerprint density at radius 1 is 1.08 bits per heavy atom. The molecule has 1 aromatic heterocycles. The molecule has 1 aliphatic rings. The summed E-state index contributed by atoms with van der Waals surface area (Å²) in [5, 5.41) is 7.49. The van der Waals surface area contributed by atoms with E-state index in [0.717, 1.165) is 38.0 Å². The molecule has 0 bridgehead atoms. The van der Waals surface area contributed by atoms with Crippen molar-refractivity contribution in [3.63, 3.8) is 0 Å². The average molecular weight is 511 g/mol. The fourth-order valence-electron chi connectivity index (χ4n) is 4.59. The van der Waals surface area contributed by atoms with Gasteiger partial charge in [-0.3, -0.25) is 19.1 Å². The number of carbonyl (C=O) groups excluding carboxylic acids is 3. The predicted octanol–water partition coefficient (Wildman–Crippen LogP) is 3.02. The molecule has 2 heterocycles. The third kappa shape index (κ3) is 7.64. The molecule has 37 heavy (non-hydrogen) atoms. The minimum atomic E-state index is -0.242. The van der Waals surface area contributed by atoms with Gasteiger partial charge in [0.1, 0.15) is 5.69 Å². The van der Waals surface area contributed by atoms with Crippen LogP contribution in [-0.2, 0) is 17.9 Å². The van der Waals surface area contributed by atoms with Crippen molar-refractivity contribution in [2.24, 2.45) is 0 Å². The standard InChI is InChI=1S/C28H42N6O3/c1-5-22(4)33(18-14-26(35)29-15-19-31(6-2)7-3)27(36)24-20-25-28(37)32(16-11-17-34(25)30-24)21-23-12-9-8-10-13-23/h8-10,12-13,20,22H,5-7,11,14-19,21H2,1-4H3,(H,29,35)/t22-/m0/s1. The predicted molar refractivity (Wildman–Crippen MR) is 144 cm³/mol. The number of nitrogens with zero attached hydrogens (tertiary/aromatic N) is 5. The Kier molecular flexibility index (Phi) is 10.7. The van der Waals surface area contributed by atoms with Crippen molar-refractivity contribution in [1.29, 1.82) is 0 Å². The first-order valence-electron chi connectivity index (χ1n) is 13.6. The Hall–Kier alpha value is -3.20. The summed E-state index contributed by atoms with van der Waals surface area (Å²) >= 11 is 0. The lowest BCUT2D eigenvalue weighted by atomic mass is 10.1. The van der Waals surface area contributed by atoms with Crippen molar-refractivity contribution < 1.29 is 14.4 Å². The van der Waals surface area contributed by atoms with Gasteiger partial charge in [0.05, 0.1) is 0 Å². The molecule has 0 saturated heterocycles. The highest BCUT2D eigenvalue weighted by Gasteiger charge is 2.29. The van der Waals surface area contributed by atoms with Gasteiger partial charge in [0.15, 0.2) is 5.69 Å². The minimum Gasteiger partial charge on any atom is -0.355 e. The molecule has 1 N–H and O–H groups in total. The number of hydrogen-bond donors (Lipinski definition) is 1. The lowest BCUT2D eigenvalue weighted by molar-refractivity contribution is -0.121. The zero-order chi connectivity index (χ0) is 26.8. The van der Waals surface area contributed by atoms with E-state index in [9.17, 15) is 14.4 Å². The Bertz CT molecular complexity index is 1030. The highest BCUT2D eigenvalue weighted by Crippen LogP contribution is 2.19. The topological polar surface area (TPSA) is 90.8 Å². The number of nitrogens with one attached hydrogen (secondary N) is 1. The summed E-state index contributed by atoms with van der Waals surface area (Å²) in [6.07, 6.45) is 1.75. The number of aryl methyl sites for hydroxylation is 1. The molecule has 1 atom stereocenters. The summed E-state index contributed by atoms with van der Waals surface area (Å²) < 4.78 is 1.66. The number of carbonyl (C=O) groups is 3. The van der Waals surface area contributed by atoms with Crippen LogP contribution in [0, 0.1) is 0 Å². The van der Waals surface area contributed by atoms with Gasteiger partial charge in [-0.15, -0.1) is 0 Å². The van der Waals surface area contributed by atoms with Crippen LogP contribution >= 0.6 is 0 Å². The minimum absolute atomic E-state index is 0.0530. The summed E-state index contributed by atoms with van der Waals surface area (Å²) in [7, 11) is 0. The van der Waals surface area contributed by atoms with Crippen molar-refractivity contribution in [3.8, 4) is 0 Å². The van der Waals surface area contributed by atoms with E-state index in [1.165, 1.54) is 0 Å². The Balaban J connectivity index is 1.66. The van der Waals surface area contributed by atoms with Gasteiger partial charge < -0.3 is 20.0 Å². The number of aromatic nitrogens is 2. The maximum atomic E-state index is 13.5. The third-order valence-electron chi connectivity index (χ3n) is 7.13. The fourth-order valence-corrected chi connectivity index (χ4v) is 4.59. The third-order valence-corrected chi connectivity index (χ3v) is 7.13. The van der Waals surface area contributed by atoms with Crippen molar-refractivity contribution in [2.45, 2.75) is 66.1 Å². The van der Waals surface area contributed by atoms with Gasteiger partial charge in [0.2, 0.25) is 5.91 Å². The summed E-state index contributed by atoms with van der Waals surface area (Å²) in [4.78, 5) is 45.1. The molecule has 9 nitrogen and oxygen atoms in total. The first-order chi connectivity index (χ1) is 17.9. The molecule has 0 unspecified atom stereocenters. The molecule has 0 spiro atoms. The maximum absolute atomic E-state index is 13.5. The Labute approximate surface area is 220 Å². The Morgan fingerprint density at radius 2 is 1.81 bits per heavy atom. The summed E-state index contributed by atoms with van der Waals surface area (Å²) in [5.74, 6) is -0.426. The van der Waals surface area contributed by atoms with Gasteiger partial charge in [0.25, 0.3) is 11.8 Å². The molecule has 1 aliphatic heterocycles. The monoisotopic (exact) mass is 510 g/mol. The highest BCUT2D eigenvalue weighted by atomic mass is 16.2. The van der Waals surface area contributed by atoms with Crippen LogP contribution in [0.15, 0.2) is 36.4 Å². The van der Waals surface area contributed by atoms with Gasteiger partial charge in [-0.1, -0.05) is 51.1 Å². The van der Waals surface area contributed by atoms with Crippen LogP contribution in [0.4, 0.5) is 0 Å². The van der Waals surface area contributed by atoms with Crippen LogP contribution in [0.2, 0.25) is 0 Å². The van der Waals surface area contributed by atoms with Crippen LogP contribution in [0.25, 0.3) is 0 Å². The highest BCUT2D eigenvalue weighted by molar-refractivity contribution is 5.98. The molecule has 1 aromatic carbocycles. The van der Waals surface area contributed by atoms with Crippen molar-refractivity contribution in [2.75, 3.05) is 39.3 Å². The van der Waals surface area contributed by atoms with E-state index < -0.39 is 0 Å². The molecular formula is C28H42N6O3. The molecule has 0 aliphatic carbocycles. The van der Waals surface area contributed by atoms with Crippen molar-refractivity contribution >= 4 is 17.7 Å². The number of likely N-dealkylation sites (N-methyl/N-ethyl adjacent to an activating group) is 1. The number of fused-ring (bicyclic) bond motifs is 1. The SMILES string of the molecule is CC[C@H](C)N(CCC(=O)NCCN(CC)CC)C(=O)c1cc2n(n1)CCCN(Cc1ccccc1)C2=O. The zero-order valence-electron chi connectivity index (χ0n) is 22.8. The van der Waals surface area contributed by atoms with Gasteiger partial charge in [0, 0.05) is 57.8 Å². The van der Waals surface area contributed by atoms with Crippen LogP contribution in [-0.4, -0.2) is 87.5 Å². The molecule has 9 heteroatoms. The van der Waals surface area contributed by atoms with E-state index in [2.05, 4.69) is 29.2 Å². The van der Waals surface area contributed by atoms with E-state index in [4.69, 9.17) is 0 Å². The first-order valence-corrected chi connectivity index (χ1v) is 13.6. The summed E-state index contributed by atoms with van der Waals surface area (Å²) in [5.41, 5.74) is 1.76. The van der Waals surface area contributed by atoms with E-state index in [1.807, 2.05) is 49.1 Å². The normalized spacial score (nSPS) is 14.3. The lowest BCUT2D eigenvalue weighted by Crippen LogP contribution is -2.42. The molecule has 0 radical (unpaired) electrons. The second kappa shape index (κ2) is 13.9. The van der Waals surface area contributed by atoms with Crippen LogP contribution in [0.3, 0.4) is 0 Å². The van der Waals surface area contributed by atoms with E-state index >= 15 is 0 Å². The molecule has 0 saturated carbocycles. The van der Waals surface area contributed by atoms with Crippen LogP contribution in [0.1, 0.15) is 73.5 Å². The molecule has 2 aromatic rings. The van der Waals surface area contributed by atoms with Crippen molar-refractivity contribution in [1.82, 2.24) is 29.8 Å². The lowest BCUT2D eigenvalue weighted by Gasteiger charge is -2.28. The fraction of sp³-hybridized carbons (Fsp3) is 0.571. The largest absolute Gasteiger partial charge is 0.355 e. The quantitative estimate of drug-likeness (QED) is 0.447. The van der Waals surface area contributed by atoms with Gasteiger partial charge in [-0.25, -0.2) is 0 Å². The van der Waals surface area contributed by atoms with E-state index in [1.54, 1.807) is 15.6 Å². The first kappa shape index (κ1) is 28.4. The molecule has 202 valence electrons. The number of hydrogen-bond acceptors (Lipinski definition) is 5. The molecule has 3 rings (SSSR count). The Morgan fingerprint density at radius 3 is 2.49 bits per heavy atom.